The van der Waals surface area contributed by atoms with Crippen LogP contribution >= 0.6 is 0 Å². The van der Waals surface area contributed by atoms with Crippen LogP contribution in [-0.2, 0) is 0 Å². The van der Waals surface area contributed by atoms with E-state index in [9.17, 15) is 0 Å². The molecule has 2 rings (SSSR count). The summed E-state index contributed by atoms with van der Waals surface area (Å²) in [6, 6.07) is 8.36. The second-order valence-electron chi connectivity index (χ2n) is 4.34. The van der Waals surface area contributed by atoms with Gasteiger partial charge < -0.3 is 4.74 Å². The lowest BCUT2D eigenvalue weighted by Crippen LogP contribution is -2.01. The summed E-state index contributed by atoms with van der Waals surface area (Å²) >= 11 is 0. The molecule has 0 N–H and O–H groups in total. The molecule has 1 unspecified atom stereocenters. The Balaban J connectivity index is 2.22. The molecular formula is C14H18O. The molecule has 1 heteroatoms. The first-order valence-electron chi connectivity index (χ1n) is 5.63. The second-order valence-corrected chi connectivity index (χ2v) is 4.34. The van der Waals surface area contributed by atoms with Crippen molar-refractivity contribution in [3.8, 4) is 5.75 Å². The predicted molar refractivity (Wildman–Crippen MR) is 64.0 cm³/mol. The van der Waals surface area contributed by atoms with Gasteiger partial charge in [-0.25, -0.2) is 0 Å². The van der Waals surface area contributed by atoms with Gasteiger partial charge in [-0.3, -0.25) is 0 Å². The fourth-order valence-corrected chi connectivity index (χ4v) is 2.05. The third-order valence-electron chi connectivity index (χ3n) is 3.11. The smallest absolute Gasteiger partial charge is 0.119 e. The molecule has 1 aliphatic carbocycles. The molecule has 1 atom stereocenters. The van der Waals surface area contributed by atoms with Gasteiger partial charge in [-0.1, -0.05) is 25.1 Å². The van der Waals surface area contributed by atoms with Gasteiger partial charge >= 0.3 is 0 Å². The van der Waals surface area contributed by atoms with Gasteiger partial charge in [0.15, 0.2) is 0 Å². The maximum atomic E-state index is 5.24. The Labute approximate surface area is 91.8 Å². The number of hydrogen-bond donors (Lipinski definition) is 0. The Bertz CT molecular complexity index is 365. The molecule has 0 amide bonds. The minimum Gasteiger partial charge on any atom is -0.497 e. The molecule has 0 spiro atoms. The first-order chi connectivity index (χ1) is 7.29. The molecule has 1 aromatic rings. The normalized spacial score (nSPS) is 20.9. The fourth-order valence-electron chi connectivity index (χ4n) is 2.05. The number of hydrogen-bond acceptors (Lipinski definition) is 1. The van der Waals surface area contributed by atoms with Crippen molar-refractivity contribution < 1.29 is 4.74 Å². The van der Waals surface area contributed by atoms with Gasteiger partial charge in [0, 0.05) is 0 Å². The van der Waals surface area contributed by atoms with Crippen molar-refractivity contribution in [2.45, 2.75) is 26.2 Å². The van der Waals surface area contributed by atoms with E-state index in [2.05, 4.69) is 31.2 Å². The van der Waals surface area contributed by atoms with Crippen molar-refractivity contribution in [2.24, 2.45) is 5.92 Å². The lowest BCUT2D eigenvalue weighted by atomic mass is 9.88. The Morgan fingerprint density at radius 1 is 1.33 bits per heavy atom. The molecule has 15 heavy (non-hydrogen) atoms. The Kier molecular flexibility index (Phi) is 3.10. The van der Waals surface area contributed by atoms with Crippen molar-refractivity contribution >= 4 is 5.57 Å². The minimum absolute atomic E-state index is 0.847. The zero-order valence-electron chi connectivity index (χ0n) is 9.49. The van der Waals surface area contributed by atoms with Crippen LogP contribution in [0.15, 0.2) is 30.3 Å². The van der Waals surface area contributed by atoms with Crippen LogP contribution in [0, 0.1) is 5.92 Å². The standard InChI is InChI=1S/C14H18O/c1-11-6-8-12(9-7-11)13-4-3-5-14(10-13)15-2/h3-5,8,10-11H,6-7,9H2,1-2H3. The average molecular weight is 202 g/mol. The van der Waals surface area contributed by atoms with Crippen molar-refractivity contribution in [3.63, 3.8) is 0 Å². The van der Waals surface area contributed by atoms with E-state index in [1.807, 2.05) is 6.07 Å². The summed E-state index contributed by atoms with van der Waals surface area (Å²) in [5.41, 5.74) is 2.80. The molecule has 0 saturated carbocycles. The zero-order valence-corrected chi connectivity index (χ0v) is 9.49. The van der Waals surface area contributed by atoms with Gasteiger partial charge in [-0.05, 0) is 48.4 Å². The predicted octanol–water partition coefficient (Wildman–Crippen LogP) is 3.90. The van der Waals surface area contributed by atoms with Crippen molar-refractivity contribution in [1.29, 1.82) is 0 Å². The monoisotopic (exact) mass is 202 g/mol. The van der Waals surface area contributed by atoms with Crippen LogP contribution in [0.2, 0.25) is 0 Å². The minimum atomic E-state index is 0.847. The van der Waals surface area contributed by atoms with Gasteiger partial charge in [0.1, 0.15) is 5.75 Å². The molecule has 0 aromatic heterocycles. The molecule has 0 fully saturated rings. The van der Waals surface area contributed by atoms with E-state index < -0.39 is 0 Å². The third kappa shape index (κ3) is 2.41. The number of allylic oxidation sites excluding steroid dienone is 2. The quantitative estimate of drug-likeness (QED) is 0.706. The van der Waals surface area contributed by atoms with Gasteiger partial charge in [0.2, 0.25) is 0 Å². The van der Waals surface area contributed by atoms with E-state index in [-0.39, 0.29) is 0 Å². The number of benzene rings is 1. The first-order valence-corrected chi connectivity index (χ1v) is 5.63. The van der Waals surface area contributed by atoms with Crippen LogP contribution in [0.25, 0.3) is 5.57 Å². The summed E-state index contributed by atoms with van der Waals surface area (Å²) < 4.78 is 5.24. The van der Waals surface area contributed by atoms with Crippen LogP contribution < -0.4 is 4.74 Å². The van der Waals surface area contributed by atoms with E-state index in [0.717, 1.165) is 11.7 Å². The zero-order chi connectivity index (χ0) is 10.7. The van der Waals surface area contributed by atoms with Gasteiger partial charge in [-0.2, -0.15) is 0 Å². The van der Waals surface area contributed by atoms with E-state index in [1.165, 1.54) is 30.4 Å². The summed E-state index contributed by atoms with van der Waals surface area (Å²) in [7, 11) is 1.72. The highest BCUT2D eigenvalue weighted by atomic mass is 16.5. The SMILES string of the molecule is COc1cccc(C2=CCC(C)CC2)c1. The van der Waals surface area contributed by atoms with Crippen LogP contribution in [0.4, 0.5) is 0 Å². The molecule has 0 heterocycles. The Hall–Kier alpha value is -1.24. The van der Waals surface area contributed by atoms with E-state index in [4.69, 9.17) is 4.74 Å². The highest BCUT2D eigenvalue weighted by Crippen LogP contribution is 2.31. The molecule has 0 saturated heterocycles. The van der Waals surface area contributed by atoms with E-state index in [0.29, 0.717) is 0 Å². The van der Waals surface area contributed by atoms with Crippen LogP contribution in [0.1, 0.15) is 31.7 Å². The van der Waals surface area contributed by atoms with Crippen LogP contribution in [0.3, 0.4) is 0 Å². The van der Waals surface area contributed by atoms with Crippen LogP contribution in [0.5, 0.6) is 5.75 Å². The number of rotatable bonds is 2. The second kappa shape index (κ2) is 4.52. The molecule has 0 aliphatic heterocycles. The molecular weight excluding hydrogens is 184 g/mol. The van der Waals surface area contributed by atoms with Gasteiger partial charge in [0.05, 0.1) is 7.11 Å². The molecule has 1 aliphatic rings. The average Bonchev–Trinajstić information content (AvgIpc) is 2.30. The molecule has 1 nitrogen and oxygen atoms in total. The third-order valence-corrected chi connectivity index (χ3v) is 3.11. The topological polar surface area (TPSA) is 9.23 Å². The summed E-state index contributed by atoms with van der Waals surface area (Å²) in [6.45, 7) is 2.32. The highest BCUT2D eigenvalue weighted by molar-refractivity contribution is 5.67. The largest absolute Gasteiger partial charge is 0.497 e. The lowest BCUT2D eigenvalue weighted by Gasteiger charge is -2.18. The maximum Gasteiger partial charge on any atom is 0.119 e. The lowest BCUT2D eigenvalue weighted by molar-refractivity contribution is 0.414. The Morgan fingerprint density at radius 2 is 2.20 bits per heavy atom. The van der Waals surface area contributed by atoms with Gasteiger partial charge in [0.25, 0.3) is 0 Å². The number of ether oxygens (including phenoxy) is 1. The molecule has 1 aromatic carbocycles. The molecule has 0 radical (unpaired) electrons. The molecule has 0 bridgehead atoms. The fraction of sp³-hybridized carbons (Fsp3) is 0.429. The van der Waals surface area contributed by atoms with E-state index in [1.54, 1.807) is 7.11 Å². The summed E-state index contributed by atoms with van der Waals surface area (Å²) in [4.78, 5) is 0. The van der Waals surface area contributed by atoms with Crippen LogP contribution in [-0.4, -0.2) is 7.11 Å². The van der Waals surface area contributed by atoms with Crippen molar-refractivity contribution in [3.05, 3.63) is 35.9 Å². The molecule has 80 valence electrons. The van der Waals surface area contributed by atoms with Gasteiger partial charge in [-0.15, -0.1) is 0 Å². The van der Waals surface area contributed by atoms with Crippen molar-refractivity contribution in [2.75, 3.05) is 7.11 Å². The van der Waals surface area contributed by atoms with E-state index >= 15 is 0 Å². The highest BCUT2D eigenvalue weighted by Gasteiger charge is 2.11. The number of methoxy groups -OCH3 is 1. The Morgan fingerprint density at radius 3 is 2.87 bits per heavy atom. The summed E-state index contributed by atoms with van der Waals surface area (Å²) in [5, 5.41) is 0. The summed E-state index contributed by atoms with van der Waals surface area (Å²) in [6.07, 6.45) is 6.10. The van der Waals surface area contributed by atoms with Crippen molar-refractivity contribution in [1.82, 2.24) is 0 Å². The maximum absolute atomic E-state index is 5.24. The first kappa shape index (κ1) is 10.3. The summed E-state index contributed by atoms with van der Waals surface area (Å²) in [5.74, 6) is 1.80.